The molecule has 0 fully saturated rings. The van der Waals surface area contributed by atoms with Gasteiger partial charge in [0.15, 0.2) is 0 Å². The lowest BCUT2D eigenvalue weighted by molar-refractivity contribution is -0.143. The van der Waals surface area contributed by atoms with Crippen molar-refractivity contribution in [1.82, 2.24) is 4.98 Å². The van der Waals surface area contributed by atoms with Crippen LogP contribution < -0.4 is 4.90 Å². The Hall–Kier alpha value is -3.60. The zero-order chi connectivity index (χ0) is 27.9. The van der Waals surface area contributed by atoms with Gasteiger partial charge in [0.1, 0.15) is 5.15 Å². The molecule has 0 saturated heterocycles. The van der Waals surface area contributed by atoms with Crippen molar-refractivity contribution >= 4 is 29.2 Å². The lowest BCUT2D eigenvalue weighted by Gasteiger charge is -2.32. The molecule has 3 aromatic rings. The fraction of sp³-hybridized carbons (Fsp3) is 0.240. The van der Waals surface area contributed by atoms with Crippen molar-refractivity contribution in [2.24, 2.45) is 0 Å². The number of amides is 1. The third kappa shape index (κ3) is 5.71. The number of hydrogen-bond donors (Lipinski definition) is 1. The lowest BCUT2D eigenvalue weighted by atomic mass is 9.81. The first kappa shape index (κ1) is 28.0. The zero-order valence-corrected chi connectivity index (χ0v) is 20.3. The average molecular weight is 545 g/mol. The van der Waals surface area contributed by atoms with E-state index >= 15 is 0 Å². The minimum absolute atomic E-state index is 0.0160. The Kier molecular flexibility index (Phi) is 7.33. The van der Waals surface area contributed by atoms with Crippen LogP contribution in [0.25, 0.3) is 11.1 Å². The normalized spacial score (nSPS) is 12.4. The minimum Gasteiger partial charge on any atom is -0.478 e. The summed E-state index contributed by atoms with van der Waals surface area (Å²) in [6, 6.07) is 8.11. The first-order valence-electron chi connectivity index (χ1n) is 10.5. The molecule has 0 unspecified atom stereocenters. The van der Waals surface area contributed by atoms with Gasteiger partial charge in [-0.05, 0) is 55.3 Å². The van der Waals surface area contributed by atoms with Gasteiger partial charge in [-0.25, -0.2) is 9.78 Å². The van der Waals surface area contributed by atoms with E-state index in [1.165, 1.54) is 45.2 Å². The number of benzene rings is 2. The first-order chi connectivity index (χ1) is 16.9. The number of carboxylic acid groups (broad SMARTS) is 1. The average Bonchev–Trinajstić information content (AvgIpc) is 2.81. The maximum atomic E-state index is 13.6. The third-order valence-corrected chi connectivity index (χ3v) is 6.01. The summed E-state index contributed by atoms with van der Waals surface area (Å²) in [6.07, 6.45) is -9.01. The number of aromatic nitrogens is 1. The summed E-state index contributed by atoms with van der Waals surface area (Å²) in [4.78, 5) is 30.2. The molecule has 196 valence electrons. The van der Waals surface area contributed by atoms with Crippen LogP contribution in [0.1, 0.15) is 40.9 Å². The number of aromatic carboxylic acids is 1. The van der Waals surface area contributed by atoms with E-state index in [0.717, 1.165) is 11.1 Å². The van der Waals surface area contributed by atoms with Gasteiger partial charge in [-0.3, -0.25) is 4.79 Å². The van der Waals surface area contributed by atoms with Crippen molar-refractivity contribution in [3.63, 3.8) is 0 Å². The van der Waals surface area contributed by atoms with E-state index in [2.05, 4.69) is 4.98 Å². The number of likely N-dealkylation sites (N-methyl/N-ethyl adjacent to an activating group) is 1. The van der Waals surface area contributed by atoms with Crippen molar-refractivity contribution in [3.8, 4) is 11.1 Å². The Morgan fingerprint density at radius 1 is 0.865 bits per heavy atom. The van der Waals surface area contributed by atoms with Gasteiger partial charge in [-0.2, -0.15) is 26.3 Å². The quantitative estimate of drug-likeness (QED) is 0.275. The molecule has 0 bridgehead atoms. The number of hydrogen-bond acceptors (Lipinski definition) is 3. The maximum Gasteiger partial charge on any atom is 0.416 e. The molecule has 12 heteroatoms. The molecule has 5 nitrogen and oxygen atoms in total. The fourth-order valence-electron chi connectivity index (χ4n) is 3.78. The smallest absolute Gasteiger partial charge is 0.416 e. The van der Waals surface area contributed by atoms with E-state index in [9.17, 15) is 41.0 Å². The molecule has 1 aromatic heterocycles. The second-order valence-corrected chi connectivity index (χ2v) is 9.05. The summed E-state index contributed by atoms with van der Waals surface area (Å²) in [5.41, 5.74) is -5.23. The number of alkyl halides is 6. The Labute approximate surface area is 212 Å². The monoisotopic (exact) mass is 544 g/mol. The van der Waals surface area contributed by atoms with E-state index in [1.54, 1.807) is 6.07 Å². The highest BCUT2D eigenvalue weighted by atomic mass is 35.5. The standard InChI is InChI=1S/C25H19ClF6N2O3/c1-23(2,13-8-14(24(27,28)29)10-15(9-13)25(30,31)32)22(37)34(3)19-12-33-20(26)11-18(19)16-6-4-5-7-17(16)21(35)36/h4-12H,1-3H3,(H,35,36). The molecule has 1 heterocycles. The fourth-order valence-corrected chi connectivity index (χ4v) is 3.94. The number of pyridine rings is 1. The van der Waals surface area contributed by atoms with Crippen molar-refractivity contribution in [2.45, 2.75) is 31.6 Å². The maximum absolute atomic E-state index is 13.6. The van der Waals surface area contributed by atoms with Crippen LogP contribution in [-0.4, -0.2) is 29.0 Å². The van der Waals surface area contributed by atoms with Crippen LogP contribution in [0.4, 0.5) is 32.0 Å². The Bertz CT molecular complexity index is 1340. The van der Waals surface area contributed by atoms with Crippen molar-refractivity contribution < 1.29 is 41.0 Å². The van der Waals surface area contributed by atoms with Crippen LogP contribution in [0, 0.1) is 0 Å². The van der Waals surface area contributed by atoms with Crippen LogP contribution in [0.3, 0.4) is 0 Å². The molecule has 0 aliphatic rings. The molecule has 0 radical (unpaired) electrons. The summed E-state index contributed by atoms with van der Waals surface area (Å²) in [5.74, 6) is -2.15. The number of nitrogens with zero attached hydrogens (tertiary/aromatic N) is 2. The first-order valence-corrected chi connectivity index (χ1v) is 10.9. The Balaban J connectivity index is 2.16. The molecular formula is C25H19ClF6N2O3. The number of halogens is 7. The number of rotatable bonds is 5. The zero-order valence-electron chi connectivity index (χ0n) is 19.5. The van der Waals surface area contributed by atoms with E-state index in [0.29, 0.717) is 12.1 Å². The predicted molar refractivity (Wildman–Crippen MR) is 125 cm³/mol. The van der Waals surface area contributed by atoms with Crippen LogP contribution in [-0.2, 0) is 22.6 Å². The van der Waals surface area contributed by atoms with Gasteiger partial charge in [0, 0.05) is 12.6 Å². The number of carboxylic acids is 1. The summed E-state index contributed by atoms with van der Waals surface area (Å²) >= 11 is 6.01. The number of carbonyl (C=O) groups excluding carboxylic acids is 1. The van der Waals surface area contributed by atoms with Crippen LogP contribution >= 0.6 is 11.6 Å². The highest BCUT2D eigenvalue weighted by molar-refractivity contribution is 6.30. The van der Waals surface area contributed by atoms with Gasteiger partial charge in [-0.15, -0.1) is 0 Å². The van der Waals surface area contributed by atoms with Gasteiger partial charge in [0.05, 0.1) is 34.0 Å². The van der Waals surface area contributed by atoms with E-state index in [1.807, 2.05) is 0 Å². The Morgan fingerprint density at radius 3 is 1.89 bits per heavy atom. The Morgan fingerprint density at radius 2 is 1.38 bits per heavy atom. The molecule has 0 atom stereocenters. The predicted octanol–water partition coefficient (Wildman–Crippen LogP) is 7.08. The molecule has 1 amide bonds. The summed E-state index contributed by atoms with van der Waals surface area (Å²) < 4.78 is 80.4. The molecular weight excluding hydrogens is 526 g/mol. The van der Waals surface area contributed by atoms with Crippen molar-refractivity contribution in [2.75, 3.05) is 11.9 Å². The van der Waals surface area contributed by atoms with Crippen molar-refractivity contribution in [3.05, 3.63) is 82.1 Å². The highest BCUT2D eigenvalue weighted by Crippen LogP contribution is 2.41. The summed E-state index contributed by atoms with van der Waals surface area (Å²) in [5, 5.41) is 9.55. The molecule has 0 aliphatic heterocycles. The van der Waals surface area contributed by atoms with Gasteiger partial charge in [0.25, 0.3) is 0 Å². The van der Waals surface area contributed by atoms with Crippen LogP contribution in [0.5, 0.6) is 0 Å². The lowest BCUT2D eigenvalue weighted by Crippen LogP contribution is -2.42. The minimum atomic E-state index is -5.09. The van der Waals surface area contributed by atoms with E-state index < -0.39 is 46.3 Å². The largest absolute Gasteiger partial charge is 0.478 e. The molecule has 0 saturated carbocycles. The van der Waals surface area contributed by atoms with Crippen LogP contribution in [0.2, 0.25) is 5.15 Å². The molecule has 3 rings (SSSR count). The summed E-state index contributed by atoms with van der Waals surface area (Å²) in [6.45, 7) is 2.38. The van der Waals surface area contributed by atoms with Gasteiger partial charge in [-0.1, -0.05) is 29.8 Å². The van der Waals surface area contributed by atoms with Gasteiger partial charge < -0.3 is 10.0 Å². The highest BCUT2D eigenvalue weighted by Gasteiger charge is 2.41. The topological polar surface area (TPSA) is 70.5 Å². The molecule has 1 N–H and O–H groups in total. The molecule has 2 aromatic carbocycles. The third-order valence-electron chi connectivity index (χ3n) is 5.81. The van der Waals surface area contributed by atoms with Gasteiger partial charge in [0.2, 0.25) is 5.91 Å². The second-order valence-electron chi connectivity index (χ2n) is 8.66. The molecule has 0 spiro atoms. The summed E-state index contributed by atoms with van der Waals surface area (Å²) in [7, 11) is 1.25. The van der Waals surface area contributed by atoms with Crippen LogP contribution in [0.15, 0.2) is 54.7 Å². The molecule has 0 aliphatic carbocycles. The second kappa shape index (κ2) is 9.70. The number of anilines is 1. The van der Waals surface area contributed by atoms with E-state index in [4.69, 9.17) is 11.6 Å². The number of carbonyl (C=O) groups is 2. The van der Waals surface area contributed by atoms with Crippen molar-refractivity contribution in [1.29, 1.82) is 0 Å². The molecule has 37 heavy (non-hydrogen) atoms. The van der Waals surface area contributed by atoms with E-state index in [-0.39, 0.29) is 33.6 Å². The van der Waals surface area contributed by atoms with Gasteiger partial charge >= 0.3 is 18.3 Å². The SMILES string of the molecule is CN(C(=O)C(C)(C)c1cc(C(F)(F)F)cc(C(F)(F)F)c1)c1cnc(Cl)cc1-c1ccccc1C(=O)O.